The predicted molar refractivity (Wildman–Crippen MR) is 71.6 cm³/mol. The van der Waals surface area contributed by atoms with E-state index < -0.39 is 5.97 Å². The molecule has 18 heavy (non-hydrogen) atoms. The number of rotatable bonds is 6. The van der Waals surface area contributed by atoms with Crippen molar-refractivity contribution in [2.75, 3.05) is 6.54 Å². The van der Waals surface area contributed by atoms with Gasteiger partial charge in [0.1, 0.15) is 0 Å². The zero-order valence-corrected chi connectivity index (χ0v) is 11.1. The first kappa shape index (κ1) is 13.1. The van der Waals surface area contributed by atoms with E-state index in [9.17, 15) is 4.79 Å². The average Bonchev–Trinajstić information content (AvgIpc) is 3.12. The van der Waals surface area contributed by atoms with Crippen molar-refractivity contribution < 1.29 is 9.90 Å². The SMILES string of the molecule is CC(C)N(CC(=O)O)Cc1ccccc1C1CC1. The molecule has 0 unspecified atom stereocenters. The summed E-state index contributed by atoms with van der Waals surface area (Å²) < 4.78 is 0. The summed E-state index contributed by atoms with van der Waals surface area (Å²) in [6.07, 6.45) is 2.55. The highest BCUT2D eigenvalue weighted by atomic mass is 16.4. The van der Waals surface area contributed by atoms with Gasteiger partial charge in [0.05, 0.1) is 6.54 Å². The third-order valence-corrected chi connectivity index (χ3v) is 3.51. The molecular formula is C15H21NO2. The monoisotopic (exact) mass is 247 g/mol. The maximum absolute atomic E-state index is 10.9. The third-order valence-electron chi connectivity index (χ3n) is 3.51. The molecule has 3 nitrogen and oxygen atoms in total. The van der Waals surface area contributed by atoms with Gasteiger partial charge in [0.2, 0.25) is 0 Å². The molecule has 1 saturated carbocycles. The highest BCUT2D eigenvalue weighted by molar-refractivity contribution is 5.69. The summed E-state index contributed by atoms with van der Waals surface area (Å²) in [6.45, 7) is 4.93. The van der Waals surface area contributed by atoms with E-state index in [1.807, 2.05) is 24.8 Å². The Morgan fingerprint density at radius 2 is 2.06 bits per heavy atom. The fourth-order valence-electron chi connectivity index (χ4n) is 2.28. The van der Waals surface area contributed by atoms with Gasteiger partial charge in [-0.15, -0.1) is 0 Å². The van der Waals surface area contributed by atoms with E-state index in [1.54, 1.807) is 0 Å². The smallest absolute Gasteiger partial charge is 0.317 e. The predicted octanol–water partition coefficient (Wildman–Crippen LogP) is 2.86. The minimum Gasteiger partial charge on any atom is -0.480 e. The lowest BCUT2D eigenvalue weighted by Gasteiger charge is -2.25. The number of aliphatic carboxylic acids is 1. The van der Waals surface area contributed by atoms with Crippen molar-refractivity contribution in [3.63, 3.8) is 0 Å². The van der Waals surface area contributed by atoms with Gasteiger partial charge in [-0.3, -0.25) is 9.69 Å². The van der Waals surface area contributed by atoms with Crippen LogP contribution >= 0.6 is 0 Å². The number of carboxylic acid groups (broad SMARTS) is 1. The molecule has 0 spiro atoms. The van der Waals surface area contributed by atoms with Gasteiger partial charge in [-0.1, -0.05) is 24.3 Å². The second-order valence-electron chi connectivity index (χ2n) is 5.37. The standard InChI is InChI=1S/C15H21NO2/c1-11(2)16(10-15(17)18)9-13-5-3-4-6-14(13)12-7-8-12/h3-6,11-12H,7-10H2,1-2H3,(H,17,18). The Morgan fingerprint density at radius 3 is 2.61 bits per heavy atom. The molecular weight excluding hydrogens is 226 g/mol. The maximum atomic E-state index is 10.9. The molecule has 0 bridgehead atoms. The molecule has 98 valence electrons. The van der Waals surface area contributed by atoms with E-state index >= 15 is 0 Å². The molecule has 0 heterocycles. The Balaban J connectivity index is 2.12. The first-order chi connectivity index (χ1) is 8.58. The first-order valence-corrected chi connectivity index (χ1v) is 6.61. The van der Waals surface area contributed by atoms with Crippen molar-refractivity contribution in [1.29, 1.82) is 0 Å². The second kappa shape index (κ2) is 5.53. The van der Waals surface area contributed by atoms with Crippen molar-refractivity contribution in [1.82, 2.24) is 4.90 Å². The normalized spacial score (nSPS) is 15.3. The molecule has 1 aliphatic carbocycles. The lowest BCUT2D eigenvalue weighted by molar-refractivity contribution is -0.138. The summed E-state index contributed by atoms with van der Waals surface area (Å²) in [5, 5.41) is 8.96. The summed E-state index contributed by atoms with van der Waals surface area (Å²) in [4.78, 5) is 12.9. The molecule has 0 amide bonds. The summed E-state index contributed by atoms with van der Waals surface area (Å²) >= 11 is 0. The van der Waals surface area contributed by atoms with E-state index in [4.69, 9.17) is 5.11 Å². The molecule has 1 aromatic rings. The molecule has 1 aliphatic rings. The Labute approximate surface area is 108 Å². The van der Waals surface area contributed by atoms with E-state index in [0.29, 0.717) is 5.92 Å². The third kappa shape index (κ3) is 3.33. The minimum atomic E-state index is -0.757. The summed E-state index contributed by atoms with van der Waals surface area (Å²) in [5.41, 5.74) is 2.70. The molecule has 1 fully saturated rings. The van der Waals surface area contributed by atoms with Crippen LogP contribution in [0.2, 0.25) is 0 Å². The van der Waals surface area contributed by atoms with Crippen LogP contribution in [0.15, 0.2) is 24.3 Å². The highest BCUT2D eigenvalue weighted by Crippen LogP contribution is 2.41. The fraction of sp³-hybridized carbons (Fsp3) is 0.533. The molecule has 1 N–H and O–H groups in total. The quantitative estimate of drug-likeness (QED) is 0.840. The Hall–Kier alpha value is -1.35. The Morgan fingerprint density at radius 1 is 1.39 bits per heavy atom. The van der Waals surface area contributed by atoms with Crippen molar-refractivity contribution in [2.45, 2.75) is 45.2 Å². The van der Waals surface area contributed by atoms with Gasteiger partial charge in [0, 0.05) is 12.6 Å². The van der Waals surface area contributed by atoms with Gasteiger partial charge in [-0.05, 0) is 43.7 Å². The second-order valence-corrected chi connectivity index (χ2v) is 5.37. The first-order valence-electron chi connectivity index (χ1n) is 6.61. The van der Waals surface area contributed by atoms with Crippen molar-refractivity contribution >= 4 is 5.97 Å². The van der Waals surface area contributed by atoms with Crippen LogP contribution in [0, 0.1) is 0 Å². The lowest BCUT2D eigenvalue weighted by atomic mass is 10.0. The van der Waals surface area contributed by atoms with Gasteiger partial charge >= 0.3 is 5.97 Å². The number of benzene rings is 1. The number of carboxylic acids is 1. The van der Waals surface area contributed by atoms with Crippen LogP contribution in [-0.2, 0) is 11.3 Å². The molecule has 2 rings (SSSR count). The van der Waals surface area contributed by atoms with E-state index in [-0.39, 0.29) is 12.6 Å². The molecule has 0 saturated heterocycles. The fourth-order valence-corrected chi connectivity index (χ4v) is 2.28. The van der Waals surface area contributed by atoms with Crippen LogP contribution in [0.5, 0.6) is 0 Å². The number of hydrogen-bond acceptors (Lipinski definition) is 2. The molecule has 1 aromatic carbocycles. The van der Waals surface area contributed by atoms with Crippen LogP contribution in [0.25, 0.3) is 0 Å². The van der Waals surface area contributed by atoms with Crippen LogP contribution in [0.4, 0.5) is 0 Å². The highest BCUT2D eigenvalue weighted by Gasteiger charge is 2.26. The molecule has 0 aliphatic heterocycles. The molecule has 3 heteroatoms. The summed E-state index contributed by atoms with van der Waals surface area (Å²) in [6, 6.07) is 8.68. The van der Waals surface area contributed by atoms with Gasteiger partial charge < -0.3 is 5.11 Å². The zero-order valence-electron chi connectivity index (χ0n) is 11.1. The summed E-state index contributed by atoms with van der Waals surface area (Å²) in [5.74, 6) is -0.0485. The van der Waals surface area contributed by atoms with Crippen molar-refractivity contribution in [3.8, 4) is 0 Å². The van der Waals surface area contributed by atoms with E-state index in [1.165, 1.54) is 24.0 Å². The van der Waals surface area contributed by atoms with E-state index in [2.05, 4.69) is 18.2 Å². The molecule has 0 radical (unpaired) electrons. The van der Waals surface area contributed by atoms with Crippen LogP contribution < -0.4 is 0 Å². The topological polar surface area (TPSA) is 40.5 Å². The number of nitrogens with zero attached hydrogens (tertiary/aromatic N) is 1. The average molecular weight is 247 g/mol. The zero-order chi connectivity index (χ0) is 13.1. The Bertz CT molecular complexity index is 424. The van der Waals surface area contributed by atoms with E-state index in [0.717, 1.165) is 6.54 Å². The largest absolute Gasteiger partial charge is 0.480 e. The van der Waals surface area contributed by atoms with Gasteiger partial charge in [-0.25, -0.2) is 0 Å². The minimum absolute atomic E-state index is 0.108. The molecule has 0 atom stereocenters. The number of carbonyl (C=O) groups is 1. The summed E-state index contributed by atoms with van der Waals surface area (Å²) in [7, 11) is 0. The van der Waals surface area contributed by atoms with Crippen LogP contribution in [-0.4, -0.2) is 28.6 Å². The van der Waals surface area contributed by atoms with Gasteiger partial charge in [0.25, 0.3) is 0 Å². The van der Waals surface area contributed by atoms with Crippen LogP contribution in [0.1, 0.15) is 43.7 Å². The Kier molecular flexibility index (Phi) is 4.02. The maximum Gasteiger partial charge on any atom is 0.317 e. The van der Waals surface area contributed by atoms with Crippen LogP contribution in [0.3, 0.4) is 0 Å². The number of hydrogen-bond donors (Lipinski definition) is 1. The van der Waals surface area contributed by atoms with Gasteiger partial charge in [-0.2, -0.15) is 0 Å². The van der Waals surface area contributed by atoms with Crippen molar-refractivity contribution in [2.24, 2.45) is 0 Å². The lowest BCUT2D eigenvalue weighted by Crippen LogP contribution is -2.35. The van der Waals surface area contributed by atoms with Crippen molar-refractivity contribution in [3.05, 3.63) is 35.4 Å². The van der Waals surface area contributed by atoms with Gasteiger partial charge in [0.15, 0.2) is 0 Å². The molecule has 0 aromatic heterocycles.